The van der Waals surface area contributed by atoms with Crippen LogP contribution in [0.3, 0.4) is 0 Å². The third-order valence-electron chi connectivity index (χ3n) is 4.07. The second kappa shape index (κ2) is 7.56. The fraction of sp³-hybridized carbons (Fsp3) is 0.0476. The van der Waals surface area contributed by atoms with Crippen LogP contribution in [0.5, 0.6) is 0 Å². The maximum absolute atomic E-state index is 12.9. The van der Waals surface area contributed by atoms with Crippen molar-refractivity contribution in [3.8, 4) is 11.1 Å². The van der Waals surface area contributed by atoms with Crippen molar-refractivity contribution in [3.63, 3.8) is 0 Å². The Morgan fingerprint density at radius 1 is 0.786 bits per heavy atom. The van der Waals surface area contributed by atoms with Gasteiger partial charge in [0.05, 0.1) is 11.1 Å². The van der Waals surface area contributed by atoms with E-state index in [4.69, 9.17) is 0 Å². The molecule has 0 unspecified atom stereocenters. The first kappa shape index (κ1) is 19.2. The second-order valence-electron chi connectivity index (χ2n) is 5.93. The summed E-state index contributed by atoms with van der Waals surface area (Å²) in [5.74, 6) is -1.79. The minimum absolute atomic E-state index is 0.0128. The molecular weight excluding hydrogens is 371 g/mol. The van der Waals surface area contributed by atoms with Gasteiger partial charge in [-0.25, -0.2) is 4.79 Å². The first-order chi connectivity index (χ1) is 13.3. The van der Waals surface area contributed by atoms with Gasteiger partial charge in [0.25, 0.3) is 5.91 Å². The number of hydrogen-bond donors (Lipinski definition) is 2. The van der Waals surface area contributed by atoms with E-state index in [1.54, 1.807) is 36.4 Å². The maximum atomic E-state index is 12.9. The molecule has 0 spiro atoms. The fourth-order valence-corrected chi connectivity index (χ4v) is 2.79. The zero-order valence-corrected chi connectivity index (χ0v) is 14.3. The molecule has 0 aromatic heterocycles. The molecular formula is C21H14F3NO3. The highest BCUT2D eigenvalue weighted by Crippen LogP contribution is 2.31. The smallest absolute Gasteiger partial charge is 0.416 e. The summed E-state index contributed by atoms with van der Waals surface area (Å²) in [6, 6.07) is 16.8. The van der Waals surface area contributed by atoms with E-state index in [2.05, 4.69) is 5.32 Å². The summed E-state index contributed by atoms with van der Waals surface area (Å²) in [4.78, 5) is 24.2. The predicted octanol–water partition coefficient (Wildman–Crippen LogP) is 5.32. The first-order valence-corrected chi connectivity index (χ1v) is 8.17. The number of benzene rings is 3. The van der Waals surface area contributed by atoms with Gasteiger partial charge in [-0.2, -0.15) is 13.2 Å². The summed E-state index contributed by atoms with van der Waals surface area (Å²) < 4.78 is 38.6. The zero-order valence-electron chi connectivity index (χ0n) is 14.3. The Balaban J connectivity index is 1.98. The number of anilines is 1. The Morgan fingerprint density at radius 3 is 1.96 bits per heavy atom. The van der Waals surface area contributed by atoms with Gasteiger partial charge in [-0.1, -0.05) is 42.5 Å². The predicted molar refractivity (Wildman–Crippen MR) is 98.2 cm³/mol. The molecule has 0 radical (unpaired) electrons. The van der Waals surface area contributed by atoms with Gasteiger partial charge in [0.1, 0.15) is 0 Å². The van der Waals surface area contributed by atoms with Crippen LogP contribution < -0.4 is 5.32 Å². The van der Waals surface area contributed by atoms with Crippen molar-refractivity contribution in [2.45, 2.75) is 6.18 Å². The van der Waals surface area contributed by atoms with Crippen molar-refractivity contribution >= 4 is 17.6 Å². The molecule has 0 bridgehead atoms. The minimum atomic E-state index is -4.53. The van der Waals surface area contributed by atoms with Gasteiger partial charge in [-0.3, -0.25) is 4.79 Å². The molecule has 0 aliphatic carbocycles. The number of carbonyl (C=O) groups excluding carboxylic acids is 1. The van der Waals surface area contributed by atoms with E-state index < -0.39 is 23.6 Å². The number of halogens is 3. The average Bonchev–Trinajstić information content (AvgIpc) is 2.67. The van der Waals surface area contributed by atoms with Gasteiger partial charge in [0.15, 0.2) is 0 Å². The van der Waals surface area contributed by atoms with E-state index in [-0.39, 0.29) is 16.8 Å². The van der Waals surface area contributed by atoms with Gasteiger partial charge < -0.3 is 10.4 Å². The SMILES string of the molecule is O=C(O)c1ccccc1-c1ccccc1C(=O)Nc1cccc(C(F)(F)F)c1. The van der Waals surface area contributed by atoms with Gasteiger partial charge in [-0.15, -0.1) is 0 Å². The molecule has 3 aromatic rings. The van der Waals surface area contributed by atoms with Crippen LogP contribution in [0.25, 0.3) is 11.1 Å². The van der Waals surface area contributed by atoms with Crippen LogP contribution in [0.2, 0.25) is 0 Å². The van der Waals surface area contributed by atoms with Gasteiger partial charge in [0, 0.05) is 11.3 Å². The molecule has 0 aliphatic rings. The lowest BCUT2D eigenvalue weighted by Gasteiger charge is -2.13. The molecule has 0 atom stereocenters. The van der Waals surface area contributed by atoms with E-state index in [0.717, 1.165) is 12.1 Å². The van der Waals surface area contributed by atoms with Crippen molar-refractivity contribution in [2.24, 2.45) is 0 Å². The molecule has 3 aromatic carbocycles. The van der Waals surface area contributed by atoms with Gasteiger partial charge in [-0.05, 0) is 41.5 Å². The highest BCUT2D eigenvalue weighted by atomic mass is 19.4. The Kier molecular flexibility index (Phi) is 5.17. The van der Waals surface area contributed by atoms with Gasteiger partial charge >= 0.3 is 12.1 Å². The lowest BCUT2D eigenvalue weighted by Crippen LogP contribution is -2.14. The number of alkyl halides is 3. The molecule has 0 saturated heterocycles. The van der Waals surface area contributed by atoms with Crippen molar-refractivity contribution in [1.82, 2.24) is 0 Å². The standard InChI is InChI=1S/C21H14F3NO3/c22-21(23,24)13-6-5-7-14(12-13)25-19(26)17-10-3-1-8-15(17)16-9-2-4-11-18(16)20(27)28/h1-12H,(H,25,26)(H,27,28). The summed E-state index contributed by atoms with van der Waals surface area (Å²) in [6.07, 6.45) is -4.53. The Morgan fingerprint density at radius 2 is 1.36 bits per heavy atom. The van der Waals surface area contributed by atoms with E-state index >= 15 is 0 Å². The number of hydrogen-bond acceptors (Lipinski definition) is 2. The molecule has 0 aliphatic heterocycles. The highest BCUT2D eigenvalue weighted by molar-refractivity contribution is 6.10. The minimum Gasteiger partial charge on any atom is -0.478 e. The van der Waals surface area contributed by atoms with Crippen molar-refractivity contribution in [1.29, 1.82) is 0 Å². The first-order valence-electron chi connectivity index (χ1n) is 8.17. The monoisotopic (exact) mass is 385 g/mol. The number of amides is 1. The largest absolute Gasteiger partial charge is 0.478 e. The Hall–Kier alpha value is -3.61. The van der Waals surface area contributed by atoms with Crippen LogP contribution in [-0.2, 0) is 6.18 Å². The van der Waals surface area contributed by atoms with E-state index in [9.17, 15) is 27.9 Å². The third kappa shape index (κ3) is 4.03. The number of carboxylic acids is 1. The van der Waals surface area contributed by atoms with Crippen LogP contribution in [0.4, 0.5) is 18.9 Å². The Bertz CT molecular complexity index is 1040. The lowest BCUT2D eigenvalue weighted by molar-refractivity contribution is -0.137. The Labute approximate surface area is 158 Å². The molecule has 0 heterocycles. The summed E-state index contributed by atoms with van der Waals surface area (Å²) in [7, 11) is 0. The summed E-state index contributed by atoms with van der Waals surface area (Å²) >= 11 is 0. The van der Waals surface area contributed by atoms with E-state index in [0.29, 0.717) is 11.1 Å². The number of rotatable bonds is 4. The van der Waals surface area contributed by atoms with E-state index in [1.807, 2.05) is 0 Å². The molecule has 4 nitrogen and oxygen atoms in total. The summed E-state index contributed by atoms with van der Waals surface area (Å²) in [6.45, 7) is 0. The molecule has 1 amide bonds. The number of aromatic carboxylic acids is 1. The molecule has 0 fully saturated rings. The number of carbonyl (C=O) groups is 2. The van der Waals surface area contributed by atoms with Crippen LogP contribution >= 0.6 is 0 Å². The molecule has 2 N–H and O–H groups in total. The van der Waals surface area contributed by atoms with Crippen LogP contribution in [0.15, 0.2) is 72.8 Å². The van der Waals surface area contributed by atoms with Crippen molar-refractivity contribution in [3.05, 3.63) is 89.5 Å². The third-order valence-corrected chi connectivity index (χ3v) is 4.07. The molecule has 28 heavy (non-hydrogen) atoms. The van der Waals surface area contributed by atoms with Crippen molar-refractivity contribution < 1.29 is 27.9 Å². The maximum Gasteiger partial charge on any atom is 0.416 e. The van der Waals surface area contributed by atoms with Crippen LogP contribution in [0, 0.1) is 0 Å². The second-order valence-corrected chi connectivity index (χ2v) is 5.93. The highest BCUT2D eigenvalue weighted by Gasteiger charge is 2.30. The summed E-state index contributed by atoms with van der Waals surface area (Å²) in [5.41, 5.74) is -0.0267. The zero-order chi connectivity index (χ0) is 20.3. The average molecular weight is 385 g/mol. The fourth-order valence-electron chi connectivity index (χ4n) is 2.79. The van der Waals surface area contributed by atoms with Gasteiger partial charge in [0.2, 0.25) is 0 Å². The van der Waals surface area contributed by atoms with Crippen LogP contribution in [-0.4, -0.2) is 17.0 Å². The normalized spacial score (nSPS) is 11.1. The van der Waals surface area contributed by atoms with Crippen molar-refractivity contribution in [2.75, 3.05) is 5.32 Å². The van der Waals surface area contributed by atoms with Crippen LogP contribution in [0.1, 0.15) is 26.3 Å². The summed E-state index contributed by atoms with van der Waals surface area (Å²) in [5, 5.41) is 11.8. The lowest BCUT2D eigenvalue weighted by atomic mass is 9.95. The molecule has 3 rings (SSSR count). The molecule has 7 heteroatoms. The van der Waals surface area contributed by atoms with E-state index in [1.165, 1.54) is 24.3 Å². The quantitative estimate of drug-likeness (QED) is 0.639. The number of carboxylic acid groups (broad SMARTS) is 1. The topological polar surface area (TPSA) is 66.4 Å². The molecule has 142 valence electrons. The number of nitrogens with one attached hydrogen (secondary N) is 1. The molecule has 0 saturated carbocycles.